The van der Waals surface area contributed by atoms with Crippen LogP contribution in [0.15, 0.2) is 87.4 Å². The number of halogens is 2. The van der Waals surface area contributed by atoms with Crippen molar-refractivity contribution in [3.05, 3.63) is 99.0 Å². The molecule has 0 spiro atoms. The fraction of sp³-hybridized carbons (Fsp3) is 0. The molecule has 0 unspecified atom stereocenters. The molecule has 0 bridgehead atoms. The topological polar surface area (TPSA) is 36.8 Å². The Hall–Kier alpha value is -2.43. The predicted molar refractivity (Wildman–Crippen MR) is 107 cm³/mol. The third kappa shape index (κ3) is 3.36. The molecule has 1 heterocycles. The molecule has 5 heteroatoms. The van der Waals surface area contributed by atoms with Crippen molar-refractivity contribution in [1.29, 1.82) is 0 Å². The molecule has 3 aromatic carbocycles. The molecule has 0 radical (unpaired) electrons. The molecule has 0 fully saturated rings. The first-order chi connectivity index (χ1) is 12.2. The lowest BCUT2D eigenvalue weighted by molar-refractivity contribution is 1.03. The smallest absolute Gasteiger partial charge is 0.154 e. The van der Waals surface area contributed by atoms with Gasteiger partial charge in [0, 0.05) is 26.2 Å². The first-order valence-corrected chi connectivity index (χ1v) is 8.91. The molecule has 1 aliphatic heterocycles. The molecular weight excluding hydrogens is 398 g/mol. The minimum absolute atomic E-state index is 0.657. The molecule has 122 valence electrons. The van der Waals surface area contributed by atoms with Crippen molar-refractivity contribution in [2.24, 2.45) is 10.1 Å². The van der Waals surface area contributed by atoms with Crippen LogP contribution in [0, 0.1) is 0 Å². The number of nitrogens with zero attached hydrogens (tertiary/aromatic N) is 2. The van der Waals surface area contributed by atoms with Gasteiger partial charge in [0.15, 0.2) is 5.84 Å². The van der Waals surface area contributed by atoms with Gasteiger partial charge >= 0.3 is 0 Å². The van der Waals surface area contributed by atoms with Crippen molar-refractivity contribution in [2.75, 3.05) is 0 Å². The van der Waals surface area contributed by atoms with Gasteiger partial charge in [0.05, 0.1) is 5.69 Å². The summed E-state index contributed by atoms with van der Waals surface area (Å²) in [5.74, 6) is 0.696. The zero-order valence-electron chi connectivity index (χ0n) is 13.1. The Balaban J connectivity index is 1.87. The summed E-state index contributed by atoms with van der Waals surface area (Å²) >= 11 is 9.68. The quantitative estimate of drug-likeness (QED) is 0.592. The maximum absolute atomic E-state index is 6.22. The van der Waals surface area contributed by atoms with Gasteiger partial charge in [-0.3, -0.25) is 5.43 Å². The summed E-state index contributed by atoms with van der Waals surface area (Å²) in [4.78, 5) is 4.77. The molecule has 1 aliphatic rings. The van der Waals surface area contributed by atoms with Gasteiger partial charge in [0.25, 0.3) is 0 Å². The summed E-state index contributed by atoms with van der Waals surface area (Å²) in [7, 11) is 0. The largest absolute Gasteiger partial charge is 0.260 e. The second-order valence-electron chi connectivity index (χ2n) is 5.57. The van der Waals surface area contributed by atoms with Gasteiger partial charge in [0.2, 0.25) is 0 Å². The van der Waals surface area contributed by atoms with Crippen LogP contribution in [-0.4, -0.2) is 11.5 Å². The molecule has 0 amide bonds. The highest BCUT2D eigenvalue weighted by Crippen LogP contribution is 2.28. The molecule has 0 saturated heterocycles. The molecule has 0 atom stereocenters. The van der Waals surface area contributed by atoms with Gasteiger partial charge in [-0.25, -0.2) is 4.99 Å². The lowest BCUT2D eigenvalue weighted by Crippen LogP contribution is -2.19. The highest BCUT2D eigenvalue weighted by atomic mass is 79.9. The van der Waals surface area contributed by atoms with Gasteiger partial charge in [-0.1, -0.05) is 70.0 Å². The number of benzene rings is 3. The fourth-order valence-electron chi connectivity index (χ4n) is 2.66. The Labute approximate surface area is 159 Å². The molecular formula is C20H13BrClN3. The molecule has 0 aromatic heterocycles. The first kappa shape index (κ1) is 16.1. The zero-order valence-corrected chi connectivity index (χ0v) is 15.4. The number of rotatable bonds is 2. The number of aliphatic imine (C=N–C) groups is 1. The van der Waals surface area contributed by atoms with Crippen molar-refractivity contribution < 1.29 is 0 Å². The van der Waals surface area contributed by atoms with E-state index in [9.17, 15) is 0 Å². The Morgan fingerprint density at radius 3 is 2.36 bits per heavy atom. The van der Waals surface area contributed by atoms with E-state index in [1.54, 1.807) is 0 Å². The van der Waals surface area contributed by atoms with E-state index in [1.165, 1.54) is 0 Å². The number of hydrogen-bond donors (Lipinski definition) is 1. The molecule has 25 heavy (non-hydrogen) atoms. The van der Waals surface area contributed by atoms with Crippen molar-refractivity contribution in [2.45, 2.75) is 0 Å². The van der Waals surface area contributed by atoms with Crippen LogP contribution in [0.25, 0.3) is 0 Å². The highest BCUT2D eigenvalue weighted by Gasteiger charge is 2.17. The van der Waals surface area contributed by atoms with Crippen molar-refractivity contribution in [1.82, 2.24) is 5.43 Å². The lowest BCUT2D eigenvalue weighted by atomic mass is 10.0. The Bertz CT molecular complexity index is 980. The van der Waals surface area contributed by atoms with Crippen LogP contribution in [-0.2, 0) is 0 Å². The summed E-state index contributed by atoms with van der Waals surface area (Å²) in [6, 6.07) is 23.6. The van der Waals surface area contributed by atoms with Gasteiger partial charge in [-0.15, -0.1) is 0 Å². The van der Waals surface area contributed by atoms with E-state index in [-0.39, 0.29) is 0 Å². The second-order valence-corrected chi connectivity index (χ2v) is 6.92. The van der Waals surface area contributed by atoms with E-state index in [0.29, 0.717) is 10.9 Å². The summed E-state index contributed by atoms with van der Waals surface area (Å²) in [5, 5.41) is 5.28. The molecule has 0 saturated carbocycles. The van der Waals surface area contributed by atoms with Crippen LogP contribution < -0.4 is 5.43 Å². The average Bonchev–Trinajstić information content (AvgIpc) is 2.82. The number of nitrogens with one attached hydrogen (secondary N) is 1. The number of hydrogen-bond acceptors (Lipinski definition) is 3. The Morgan fingerprint density at radius 1 is 0.840 bits per heavy atom. The van der Waals surface area contributed by atoms with Crippen LogP contribution in [0.2, 0.25) is 5.02 Å². The summed E-state index contributed by atoms with van der Waals surface area (Å²) in [5.41, 5.74) is 7.62. The molecule has 3 nitrogen and oxygen atoms in total. The summed E-state index contributed by atoms with van der Waals surface area (Å²) in [6.07, 6.45) is 0. The first-order valence-electron chi connectivity index (χ1n) is 7.74. The monoisotopic (exact) mass is 409 g/mol. The highest BCUT2D eigenvalue weighted by molar-refractivity contribution is 9.10. The van der Waals surface area contributed by atoms with Gasteiger partial charge in [-0.2, -0.15) is 5.10 Å². The van der Waals surface area contributed by atoms with Crippen molar-refractivity contribution >= 4 is 44.8 Å². The van der Waals surface area contributed by atoms with E-state index in [2.05, 4.69) is 26.5 Å². The van der Waals surface area contributed by atoms with Crippen molar-refractivity contribution in [3.8, 4) is 0 Å². The number of hydrazone groups is 1. The standard InChI is InChI=1S/C20H13BrClN3/c21-15-8-6-14(7-9-15)20-23-18-11-10-16(22)12-17(18)19(24-25-20)13-4-2-1-3-5-13/h1-12H,(H,23,25). The fourth-order valence-corrected chi connectivity index (χ4v) is 3.10. The van der Waals surface area contributed by atoms with Crippen LogP contribution in [0.4, 0.5) is 5.69 Å². The molecule has 0 aliphatic carbocycles. The average molecular weight is 411 g/mol. The third-order valence-corrected chi connectivity index (χ3v) is 4.65. The van der Waals surface area contributed by atoms with Crippen LogP contribution in [0.1, 0.15) is 16.7 Å². The maximum atomic E-state index is 6.22. The SMILES string of the molecule is Clc1ccc2c(c1)C(c1ccccc1)=NNC(c1ccc(Br)cc1)=N2. The normalized spacial score (nSPS) is 13.2. The number of amidine groups is 1. The van der Waals surface area contributed by atoms with Gasteiger partial charge < -0.3 is 0 Å². The van der Waals surface area contributed by atoms with E-state index < -0.39 is 0 Å². The minimum Gasteiger partial charge on any atom is -0.260 e. The minimum atomic E-state index is 0.657. The summed E-state index contributed by atoms with van der Waals surface area (Å²) < 4.78 is 1.02. The van der Waals surface area contributed by atoms with Crippen LogP contribution in [0.5, 0.6) is 0 Å². The van der Waals surface area contributed by atoms with Gasteiger partial charge in [-0.05, 0) is 30.3 Å². The van der Waals surface area contributed by atoms with Gasteiger partial charge in [0.1, 0.15) is 5.71 Å². The van der Waals surface area contributed by atoms with E-state index in [4.69, 9.17) is 16.6 Å². The van der Waals surface area contributed by atoms with E-state index in [0.717, 1.165) is 32.6 Å². The van der Waals surface area contributed by atoms with E-state index in [1.807, 2.05) is 72.8 Å². The Morgan fingerprint density at radius 2 is 1.60 bits per heavy atom. The molecule has 3 aromatic rings. The van der Waals surface area contributed by atoms with Crippen molar-refractivity contribution in [3.63, 3.8) is 0 Å². The maximum Gasteiger partial charge on any atom is 0.154 e. The lowest BCUT2D eigenvalue weighted by Gasteiger charge is -2.07. The Kier molecular flexibility index (Phi) is 4.38. The molecule has 1 N–H and O–H groups in total. The van der Waals surface area contributed by atoms with E-state index >= 15 is 0 Å². The third-order valence-electron chi connectivity index (χ3n) is 3.88. The number of fused-ring (bicyclic) bond motifs is 1. The molecule has 4 rings (SSSR count). The predicted octanol–water partition coefficient (Wildman–Crippen LogP) is 5.54. The van der Waals surface area contributed by atoms with Crippen LogP contribution >= 0.6 is 27.5 Å². The van der Waals surface area contributed by atoms with Crippen LogP contribution in [0.3, 0.4) is 0 Å². The zero-order chi connectivity index (χ0) is 17.2. The second kappa shape index (κ2) is 6.82. The summed E-state index contributed by atoms with van der Waals surface area (Å²) in [6.45, 7) is 0.